The number of carbonyl (C=O) groups excluding carboxylic acids is 1. The van der Waals surface area contributed by atoms with Gasteiger partial charge in [-0.15, -0.1) is 0 Å². The molecule has 0 bridgehead atoms. The number of nitrogens with one attached hydrogen (secondary N) is 1. The van der Waals surface area contributed by atoms with Gasteiger partial charge in [0.15, 0.2) is 0 Å². The summed E-state index contributed by atoms with van der Waals surface area (Å²) in [5, 5.41) is 3.15. The van der Waals surface area contributed by atoms with Crippen molar-refractivity contribution in [3.8, 4) is 0 Å². The molecular weight excluding hydrogens is 334 g/mol. The molecule has 1 N–H and O–H groups in total. The minimum atomic E-state index is -0.111. The zero-order valence-corrected chi connectivity index (χ0v) is 16.3. The molecular formula is C23H27N3O. The maximum Gasteiger partial charge on any atom is 0.223 e. The van der Waals surface area contributed by atoms with E-state index >= 15 is 0 Å². The third-order valence-electron chi connectivity index (χ3n) is 5.37. The van der Waals surface area contributed by atoms with Gasteiger partial charge >= 0.3 is 0 Å². The molecule has 4 nitrogen and oxygen atoms in total. The Balaban J connectivity index is 1.66. The van der Waals surface area contributed by atoms with Gasteiger partial charge in [0.1, 0.15) is 5.82 Å². The molecule has 0 aliphatic heterocycles. The van der Waals surface area contributed by atoms with E-state index in [0.29, 0.717) is 5.92 Å². The van der Waals surface area contributed by atoms with E-state index in [4.69, 9.17) is 4.98 Å². The number of benzene rings is 2. The van der Waals surface area contributed by atoms with Crippen LogP contribution in [0.2, 0.25) is 0 Å². The molecule has 1 fully saturated rings. The number of carbonyl (C=O) groups is 1. The van der Waals surface area contributed by atoms with Crippen LogP contribution >= 0.6 is 0 Å². The minimum absolute atomic E-state index is 0.111. The predicted molar refractivity (Wildman–Crippen MR) is 109 cm³/mol. The van der Waals surface area contributed by atoms with Crippen LogP contribution < -0.4 is 5.32 Å². The van der Waals surface area contributed by atoms with Crippen LogP contribution in [0.1, 0.15) is 62.5 Å². The Morgan fingerprint density at radius 1 is 1.11 bits per heavy atom. The lowest BCUT2D eigenvalue weighted by Crippen LogP contribution is -2.29. The minimum Gasteiger partial charge on any atom is -0.346 e. The topological polar surface area (TPSA) is 46.9 Å². The van der Waals surface area contributed by atoms with Gasteiger partial charge in [-0.05, 0) is 48.9 Å². The fraction of sp³-hybridized carbons (Fsp3) is 0.391. The zero-order valence-electron chi connectivity index (χ0n) is 16.3. The number of imidazole rings is 1. The second-order valence-electron chi connectivity index (χ2n) is 7.95. The Morgan fingerprint density at radius 3 is 2.48 bits per heavy atom. The molecule has 1 aromatic heterocycles. The maximum atomic E-state index is 12.2. The van der Waals surface area contributed by atoms with E-state index in [0.717, 1.165) is 36.2 Å². The van der Waals surface area contributed by atoms with Gasteiger partial charge < -0.3 is 9.88 Å². The monoisotopic (exact) mass is 361 g/mol. The number of fused-ring (bicyclic) bond motifs is 1. The molecule has 0 saturated heterocycles. The summed E-state index contributed by atoms with van der Waals surface area (Å²) in [6, 6.07) is 16.9. The Bertz CT molecular complexity index is 951. The van der Waals surface area contributed by atoms with Crippen LogP contribution in [-0.4, -0.2) is 15.5 Å². The average Bonchev–Trinajstić information content (AvgIpc) is 3.45. The molecule has 1 atom stereocenters. The first kappa shape index (κ1) is 17.8. The average molecular weight is 361 g/mol. The Kier molecular flexibility index (Phi) is 4.73. The number of rotatable bonds is 6. The summed E-state index contributed by atoms with van der Waals surface area (Å²) in [6.07, 6.45) is 2.02. The number of para-hydroxylation sites is 2. The molecule has 27 heavy (non-hydrogen) atoms. The molecule has 1 unspecified atom stereocenters. The van der Waals surface area contributed by atoms with Crippen molar-refractivity contribution in [2.75, 3.05) is 0 Å². The van der Waals surface area contributed by atoms with Gasteiger partial charge in [-0.1, -0.05) is 50.2 Å². The molecule has 1 amide bonds. The van der Waals surface area contributed by atoms with Gasteiger partial charge in [-0.2, -0.15) is 0 Å². The van der Waals surface area contributed by atoms with Crippen molar-refractivity contribution in [3.63, 3.8) is 0 Å². The van der Waals surface area contributed by atoms with Crippen LogP contribution in [0, 0.1) is 5.92 Å². The predicted octanol–water partition coefficient (Wildman–Crippen LogP) is 4.80. The molecule has 0 spiro atoms. The van der Waals surface area contributed by atoms with Crippen molar-refractivity contribution >= 4 is 16.9 Å². The van der Waals surface area contributed by atoms with E-state index in [1.165, 1.54) is 11.1 Å². The Hall–Kier alpha value is -2.62. The van der Waals surface area contributed by atoms with E-state index in [-0.39, 0.29) is 17.9 Å². The lowest BCUT2D eigenvalue weighted by molar-refractivity contribution is -0.123. The highest BCUT2D eigenvalue weighted by Crippen LogP contribution is 2.30. The highest BCUT2D eigenvalue weighted by molar-refractivity contribution is 5.81. The second kappa shape index (κ2) is 7.18. The first-order valence-electron chi connectivity index (χ1n) is 9.87. The third kappa shape index (κ3) is 3.75. The smallest absolute Gasteiger partial charge is 0.223 e. The molecule has 1 saturated carbocycles. The fourth-order valence-corrected chi connectivity index (χ4v) is 3.52. The number of hydrogen-bond acceptors (Lipinski definition) is 2. The maximum absolute atomic E-state index is 12.2. The highest BCUT2D eigenvalue weighted by Gasteiger charge is 2.31. The van der Waals surface area contributed by atoms with Gasteiger partial charge in [0.05, 0.1) is 17.1 Å². The molecule has 3 aromatic rings. The molecule has 4 rings (SSSR count). The van der Waals surface area contributed by atoms with Crippen molar-refractivity contribution in [1.82, 2.24) is 14.9 Å². The van der Waals surface area contributed by atoms with Crippen LogP contribution in [0.15, 0.2) is 48.5 Å². The van der Waals surface area contributed by atoms with Crippen LogP contribution in [0.5, 0.6) is 0 Å². The van der Waals surface area contributed by atoms with Crippen LogP contribution in [0.4, 0.5) is 0 Å². The number of hydrogen-bond donors (Lipinski definition) is 1. The largest absolute Gasteiger partial charge is 0.346 e. The van der Waals surface area contributed by atoms with Crippen LogP contribution in [0.3, 0.4) is 0 Å². The molecule has 1 aliphatic rings. The van der Waals surface area contributed by atoms with Crippen LogP contribution in [-0.2, 0) is 11.3 Å². The zero-order chi connectivity index (χ0) is 19.0. The molecule has 1 aliphatic carbocycles. The number of amides is 1. The standard InChI is InChI=1S/C23H27N3O/c1-15(2)18-10-8-17(9-11-18)14-26-21-7-5-4-6-20(21)25-22(26)16(3)24-23(27)19-12-13-19/h4-11,15-16,19H,12-14H2,1-3H3,(H,24,27). The van der Waals surface area contributed by atoms with E-state index in [2.05, 4.69) is 54.1 Å². The quantitative estimate of drug-likeness (QED) is 0.686. The molecule has 4 heteroatoms. The van der Waals surface area contributed by atoms with E-state index in [9.17, 15) is 4.79 Å². The second-order valence-corrected chi connectivity index (χ2v) is 7.95. The summed E-state index contributed by atoms with van der Waals surface area (Å²) in [6.45, 7) is 7.19. The van der Waals surface area contributed by atoms with Gasteiger partial charge in [-0.3, -0.25) is 4.79 Å². The van der Waals surface area contributed by atoms with Gasteiger partial charge in [0.25, 0.3) is 0 Å². The van der Waals surface area contributed by atoms with Crippen molar-refractivity contribution in [2.24, 2.45) is 5.92 Å². The lowest BCUT2D eigenvalue weighted by Gasteiger charge is -2.17. The van der Waals surface area contributed by atoms with E-state index in [1.54, 1.807) is 0 Å². The van der Waals surface area contributed by atoms with Crippen LogP contribution in [0.25, 0.3) is 11.0 Å². The molecule has 1 heterocycles. The fourth-order valence-electron chi connectivity index (χ4n) is 3.52. The summed E-state index contributed by atoms with van der Waals surface area (Å²) >= 11 is 0. The summed E-state index contributed by atoms with van der Waals surface area (Å²) < 4.78 is 2.23. The Labute approximate surface area is 160 Å². The summed E-state index contributed by atoms with van der Waals surface area (Å²) in [7, 11) is 0. The number of aromatic nitrogens is 2. The van der Waals surface area contributed by atoms with Gasteiger partial charge in [-0.25, -0.2) is 4.98 Å². The number of nitrogens with zero attached hydrogens (tertiary/aromatic N) is 2. The van der Waals surface area contributed by atoms with E-state index in [1.807, 2.05) is 25.1 Å². The first-order chi connectivity index (χ1) is 13.0. The van der Waals surface area contributed by atoms with Gasteiger partial charge in [0.2, 0.25) is 5.91 Å². The van der Waals surface area contributed by atoms with Crippen molar-refractivity contribution in [2.45, 2.75) is 52.1 Å². The summed E-state index contributed by atoms with van der Waals surface area (Å²) in [5.74, 6) is 1.80. The van der Waals surface area contributed by atoms with Crippen molar-refractivity contribution < 1.29 is 4.79 Å². The molecule has 0 radical (unpaired) electrons. The molecule has 2 aromatic carbocycles. The lowest BCUT2D eigenvalue weighted by atomic mass is 10.0. The third-order valence-corrected chi connectivity index (χ3v) is 5.37. The molecule has 140 valence electrons. The Morgan fingerprint density at radius 2 is 1.81 bits per heavy atom. The highest BCUT2D eigenvalue weighted by atomic mass is 16.2. The van der Waals surface area contributed by atoms with E-state index < -0.39 is 0 Å². The SMILES string of the molecule is CC(C)c1ccc(Cn2c(C(C)NC(=O)C3CC3)nc3ccccc32)cc1. The van der Waals surface area contributed by atoms with Crippen molar-refractivity contribution in [3.05, 3.63) is 65.5 Å². The van der Waals surface area contributed by atoms with Gasteiger partial charge in [0, 0.05) is 12.5 Å². The first-order valence-corrected chi connectivity index (χ1v) is 9.87. The summed E-state index contributed by atoms with van der Waals surface area (Å²) in [4.78, 5) is 17.1. The summed E-state index contributed by atoms with van der Waals surface area (Å²) in [5.41, 5.74) is 4.66. The van der Waals surface area contributed by atoms with Crippen molar-refractivity contribution in [1.29, 1.82) is 0 Å². The normalized spacial score (nSPS) is 15.3.